The predicted molar refractivity (Wildman–Crippen MR) is 95.2 cm³/mol. The van der Waals surface area contributed by atoms with Crippen LogP contribution < -0.4 is 0 Å². The summed E-state index contributed by atoms with van der Waals surface area (Å²) in [5.74, 6) is 0.228. The third-order valence-electron chi connectivity index (χ3n) is 4.24. The van der Waals surface area contributed by atoms with Crippen LogP contribution in [0.4, 0.5) is 0 Å². The minimum Gasteiger partial charge on any atom is -0.379 e. The number of pyridine rings is 1. The van der Waals surface area contributed by atoms with Gasteiger partial charge in [-0.05, 0) is 37.1 Å². The molecule has 0 atom stereocenters. The molecule has 1 aliphatic rings. The number of sulfonamides is 1. The van der Waals surface area contributed by atoms with Crippen molar-refractivity contribution in [3.63, 3.8) is 0 Å². The molecular weight excluding hydrogens is 326 g/mol. The Balaban J connectivity index is 1.93. The van der Waals surface area contributed by atoms with Crippen molar-refractivity contribution in [1.82, 2.24) is 14.2 Å². The van der Waals surface area contributed by atoms with Gasteiger partial charge >= 0.3 is 0 Å². The van der Waals surface area contributed by atoms with E-state index in [4.69, 9.17) is 4.74 Å². The third-order valence-corrected chi connectivity index (χ3v) is 6.15. The Morgan fingerprint density at radius 3 is 2.58 bits per heavy atom. The smallest absolute Gasteiger partial charge is 0.214 e. The molecule has 1 aromatic heterocycles. The lowest BCUT2D eigenvalue weighted by atomic mass is 10.2. The first-order chi connectivity index (χ1) is 11.6. The predicted octanol–water partition coefficient (Wildman–Crippen LogP) is 1.74. The first-order valence-corrected chi connectivity index (χ1v) is 10.4. The summed E-state index contributed by atoms with van der Waals surface area (Å²) in [4.78, 5) is 6.34. The van der Waals surface area contributed by atoms with Gasteiger partial charge in [0, 0.05) is 38.6 Å². The maximum atomic E-state index is 12.7. The molecular formula is C17H29N3O3S. The zero-order valence-corrected chi connectivity index (χ0v) is 15.4. The number of ether oxygens (including phenoxy) is 1. The number of hydrogen-bond acceptors (Lipinski definition) is 5. The van der Waals surface area contributed by atoms with Gasteiger partial charge in [0.25, 0.3) is 0 Å². The molecule has 0 bridgehead atoms. The van der Waals surface area contributed by atoms with E-state index in [9.17, 15) is 8.42 Å². The summed E-state index contributed by atoms with van der Waals surface area (Å²) >= 11 is 0. The van der Waals surface area contributed by atoms with Crippen LogP contribution in [0, 0.1) is 0 Å². The van der Waals surface area contributed by atoms with E-state index >= 15 is 0 Å². The van der Waals surface area contributed by atoms with Crippen molar-refractivity contribution in [2.75, 3.05) is 45.1 Å². The molecule has 24 heavy (non-hydrogen) atoms. The maximum absolute atomic E-state index is 12.7. The Hall–Kier alpha value is -1.02. The van der Waals surface area contributed by atoms with E-state index in [1.165, 1.54) is 0 Å². The van der Waals surface area contributed by atoms with Gasteiger partial charge in [-0.1, -0.05) is 13.3 Å². The molecule has 0 aromatic carbocycles. The maximum Gasteiger partial charge on any atom is 0.214 e. The molecule has 6 nitrogen and oxygen atoms in total. The highest BCUT2D eigenvalue weighted by atomic mass is 32.2. The molecule has 0 spiro atoms. The highest BCUT2D eigenvalue weighted by Crippen LogP contribution is 2.12. The first kappa shape index (κ1) is 19.3. The molecule has 136 valence electrons. The zero-order valence-electron chi connectivity index (χ0n) is 14.6. The van der Waals surface area contributed by atoms with Gasteiger partial charge in [-0.25, -0.2) is 8.42 Å². The molecule has 2 heterocycles. The fourth-order valence-corrected chi connectivity index (χ4v) is 4.42. The quantitative estimate of drug-likeness (QED) is 0.640. The fraction of sp³-hybridized carbons (Fsp3) is 0.706. The number of nitrogens with zero attached hydrogens (tertiary/aromatic N) is 3. The van der Waals surface area contributed by atoms with Crippen LogP contribution in [0.25, 0.3) is 0 Å². The van der Waals surface area contributed by atoms with Crippen LogP contribution in [0.2, 0.25) is 0 Å². The van der Waals surface area contributed by atoms with E-state index in [2.05, 4.69) is 9.88 Å². The van der Waals surface area contributed by atoms with Crippen molar-refractivity contribution in [2.45, 2.75) is 32.7 Å². The summed E-state index contributed by atoms with van der Waals surface area (Å²) in [5, 5.41) is 0. The molecule has 1 aromatic rings. The molecule has 0 aliphatic carbocycles. The van der Waals surface area contributed by atoms with Crippen molar-refractivity contribution in [3.05, 3.63) is 30.1 Å². The lowest BCUT2D eigenvalue weighted by molar-refractivity contribution is 0.0368. The first-order valence-electron chi connectivity index (χ1n) is 8.78. The van der Waals surface area contributed by atoms with E-state index in [1.807, 2.05) is 19.1 Å². The van der Waals surface area contributed by atoms with Gasteiger partial charge in [0.1, 0.15) is 0 Å². The standard InChI is InChI=1S/C17H29N3O3S/c1-2-3-15-24(21,22)20(16-17-5-7-18-8-6-17)10-4-9-19-11-13-23-14-12-19/h5-8H,2-4,9-16H2,1H3. The van der Waals surface area contributed by atoms with Crippen molar-refractivity contribution >= 4 is 10.0 Å². The molecule has 0 unspecified atom stereocenters. The Bertz CT molecular complexity index is 560. The van der Waals surface area contributed by atoms with Crippen molar-refractivity contribution < 1.29 is 13.2 Å². The van der Waals surface area contributed by atoms with Crippen molar-refractivity contribution in [1.29, 1.82) is 0 Å². The topological polar surface area (TPSA) is 62.7 Å². The summed E-state index contributed by atoms with van der Waals surface area (Å²) in [6.07, 6.45) is 5.85. The van der Waals surface area contributed by atoms with Crippen LogP contribution >= 0.6 is 0 Å². The second-order valence-corrected chi connectivity index (χ2v) is 8.25. The van der Waals surface area contributed by atoms with Crippen LogP contribution in [-0.2, 0) is 21.3 Å². The summed E-state index contributed by atoms with van der Waals surface area (Å²) in [5.41, 5.74) is 0.983. The Labute approximate surface area is 145 Å². The largest absolute Gasteiger partial charge is 0.379 e. The molecule has 2 rings (SSSR count). The van der Waals surface area contributed by atoms with Crippen molar-refractivity contribution in [2.24, 2.45) is 0 Å². The average Bonchev–Trinajstić information content (AvgIpc) is 2.61. The van der Waals surface area contributed by atoms with Crippen LogP contribution in [0.5, 0.6) is 0 Å². The number of aromatic nitrogens is 1. The number of unbranched alkanes of at least 4 members (excludes halogenated alkanes) is 1. The molecule has 1 saturated heterocycles. The number of morpholine rings is 1. The van der Waals surface area contributed by atoms with Crippen LogP contribution in [0.15, 0.2) is 24.5 Å². The Kier molecular flexibility index (Phi) is 8.11. The summed E-state index contributed by atoms with van der Waals surface area (Å²) in [6, 6.07) is 3.76. The van der Waals surface area contributed by atoms with Crippen LogP contribution in [0.3, 0.4) is 0 Å². The summed E-state index contributed by atoms with van der Waals surface area (Å²) in [6.45, 7) is 7.34. The Morgan fingerprint density at radius 1 is 1.21 bits per heavy atom. The van der Waals surface area contributed by atoms with Gasteiger partial charge in [0.2, 0.25) is 10.0 Å². The molecule has 0 radical (unpaired) electrons. The molecule has 1 fully saturated rings. The minimum absolute atomic E-state index is 0.228. The fourth-order valence-electron chi connectivity index (χ4n) is 2.76. The van der Waals surface area contributed by atoms with Gasteiger partial charge in [-0.3, -0.25) is 9.88 Å². The van der Waals surface area contributed by atoms with Gasteiger partial charge in [0.15, 0.2) is 0 Å². The molecule has 0 amide bonds. The summed E-state index contributed by atoms with van der Waals surface area (Å²) in [7, 11) is -3.22. The molecule has 1 aliphatic heterocycles. The average molecular weight is 356 g/mol. The van der Waals surface area contributed by atoms with E-state index < -0.39 is 10.0 Å². The number of hydrogen-bond donors (Lipinski definition) is 0. The second kappa shape index (κ2) is 10.1. The third kappa shape index (κ3) is 6.47. The zero-order chi connectivity index (χ0) is 17.3. The summed E-state index contributed by atoms with van der Waals surface area (Å²) < 4.78 is 32.3. The van der Waals surface area contributed by atoms with Gasteiger partial charge in [-0.15, -0.1) is 0 Å². The highest BCUT2D eigenvalue weighted by molar-refractivity contribution is 7.89. The number of rotatable bonds is 10. The molecule has 7 heteroatoms. The van der Waals surface area contributed by atoms with Crippen molar-refractivity contribution in [3.8, 4) is 0 Å². The lowest BCUT2D eigenvalue weighted by Gasteiger charge is -2.28. The van der Waals surface area contributed by atoms with E-state index in [1.54, 1.807) is 16.7 Å². The van der Waals surface area contributed by atoms with Gasteiger partial charge in [0.05, 0.1) is 19.0 Å². The van der Waals surface area contributed by atoms with Gasteiger partial charge in [-0.2, -0.15) is 4.31 Å². The second-order valence-electron chi connectivity index (χ2n) is 6.17. The molecule has 0 saturated carbocycles. The Morgan fingerprint density at radius 2 is 1.92 bits per heavy atom. The SMILES string of the molecule is CCCCS(=O)(=O)N(CCCN1CCOCC1)Cc1ccncc1. The van der Waals surface area contributed by atoms with E-state index in [0.29, 0.717) is 19.5 Å². The normalized spacial score (nSPS) is 16.6. The van der Waals surface area contributed by atoms with Gasteiger partial charge < -0.3 is 4.74 Å². The van der Waals surface area contributed by atoms with Crippen LogP contribution in [0.1, 0.15) is 31.7 Å². The molecule has 0 N–H and O–H groups in total. The van der Waals surface area contributed by atoms with E-state index in [0.717, 1.165) is 51.3 Å². The highest BCUT2D eigenvalue weighted by Gasteiger charge is 2.22. The van der Waals surface area contributed by atoms with Crippen LogP contribution in [-0.4, -0.2) is 67.8 Å². The lowest BCUT2D eigenvalue weighted by Crippen LogP contribution is -2.39. The monoisotopic (exact) mass is 355 g/mol. The minimum atomic E-state index is -3.22. The van der Waals surface area contributed by atoms with E-state index in [-0.39, 0.29) is 5.75 Å².